The fourth-order valence-electron chi connectivity index (χ4n) is 2.78. The maximum absolute atomic E-state index is 12.2. The number of likely N-dealkylation sites (tertiary alicyclic amines) is 1. The number of carbonyl (C=O) groups is 2. The number of nitrogens with one attached hydrogen (secondary N) is 1. The van der Waals surface area contributed by atoms with Gasteiger partial charge in [0.2, 0.25) is 5.91 Å². The van der Waals surface area contributed by atoms with Gasteiger partial charge in [0.15, 0.2) is 0 Å². The molecule has 2 rings (SSSR count). The molecule has 6 heteroatoms. The summed E-state index contributed by atoms with van der Waals surface area (Å²) in [5, 5.41) is 2.84. The maximum atomic E-state index is 12.2. The van der Waals surface area contributed by atoms with Crippen LogP contribution in [-0.2, 0) is 11.3 Å². The Hall–Kier alpha value is -1.30. The lowest BCUT2D eigenvalue weighted by Crippen LogP contribution is -2.35. The summed E-state index contributed by atoms with van der Waals surface area (Å²) in [6, 6.07) is 1.80. The Morgan fingerprint density at radius 2 is 1.91 bits per heavy atom. The average molecular weight is 370 g/mol. The van der Waals surface area contributed by atoms with Crippen molar-refractivity contribution < 1.29 is 9.59 Å². The maximum Gasteiger partial charge on any atom is 0.267 e. The lowest BCUT2D eigenvalue weighted by molar-refractivity contribution is -0.131. The lowest BCUT2D eigenvalue weighted by atomic mass is 10.2. The molecule has 1 aromatic heterocycles. The van der Waals surface area contributed by atoms with Gasteiger partial charge in [0, 0.05) is 43.3 Å². The van der Waals surface area contributed by atoms with Crippen LogP contribution in [0, 0.1) is 0 Å². The smallest absolute Gasteiger partial charge is 0.267 e. The third-order valence-electron chi connectivity index (χ3n) is 4.02. The molecule has 2 heterocycles. The first kappa shape index (κ1) is 17.1. The van der Waals surface area contributed by atoms with Gasteiger partial charge in [-0.05, 0) is 41.8 Å². The third kappa shape index (κ3) is 4.60. The van der Waals surface area contributed by atoms with Crippen LogP contribution in [0.1, 0.15) is 49.5 Å². The van der Waals surface area contributed by atoms with E-state index in [1.807, 2.05) is 22.6 Å². The predicted octanol–water partition coefficient (Wildman–Crippen LogP) is 2.79. The van der Waals surface area contributed by atoms with E-state index < -0.39 is 0 Å². The van der Waals surface area contributed by atoms with Gasteiger partial charge in [0.05, 0.1) is 0 Å². The van der Waals surface area contributed by atoms with Crippen molar-refractivity contribution in [2.45, 2.75) is 45.6 Å². The van der Waals surface area contributed by atoms with Gasteiger partial charge in [-0.25, -0.2) is 0 Å². The highest BCUT2D eigenvalue weighted by molar-refractivity contribution is 9.10. The molecule has 1 N–H and O–H groups in total. The van der Waals surface area contributed by atoms with E-state index in [9.17, 15) is 9.59 Å². The zero-order valence-corrected chi connectivity index (χ0v) is 14.7. The Balaban J connectivity index is 1.79. The quantitative estimate of drug-likeness (QED) is 0.867. The van der Waals surface area contributed by atoms with Crippen molar-refractivity contribution in [2.24, 2.45) is 0 Å². The van der Waals surface area contributed by atoms with Crippen LogP contribution < -0.4 is 5.32 Å². The molecule has 5 nitrogen and oxygen atoms in total. The number of aryl methyl sites for hydroxylation is 1. The number of carbonyl (C=O) groups excluding carboxylic acids is 2. The van der Waals surface area contributed by atoms with Crippen LogP contribution in [0.15, 0.2) is 16.7 Å². The van der Waals surface area contributed by atoms with Crippen LogP contribution in [0.4, 0.5) is 0 Å². The topological polar surface area (TPSA) is 54.3 Å². The van der Waals surface area contributed by atoms with E-state index in [1.165, 1.54) is 12.8 Å². The number of amides is 2. The minimum atomic E-state index is -0.129. The Morgan fingerprint density at radius 1 is 1.23 bits per heavy atom. The number of hydrogen-bond donors (Lipinski definition) is 1. The molecule has 0 unspecified atom stereocenters. The Morgan fingerprint density at radius 3 is 2.55 bits per heavy atom. The molecule has 1 aromatic rings. The molecule has 0 aromatic carbocycles. The standard InChI is InChI=1S/C16H24BrN3O2/c1-2-19-12-13(17)11-14(19)16(22)18-8-7-15(21)20-9-5-3-4-6-10-20/h11-12H,2-10H2,1H3,(H,18,22). The van der Waals surface area contributed by atoms with Gasteiger partial charge in [-0.3, -0.25) is 9.59 Å². The minimum Gasteiger partial charge on any atom is -0.350 e. The Bertz CT molecular complexity index is 519. The van der Waals surface area contributed by atoms with Crippen LogP contribution in [0.25, 0.3) is 0 Å². The minimum absolute atomic E-state index is 0.129. The van der Waals surface area contributed by atoms with Gasteiger partial charge in [0.25, 0.3) is 5.91 Å². The second-order valence-electron chi connectivity index (χ2n) is 5.63. The zero-order chi connectivity index (χ0) is 15.9. The van der Waals surface area contributed by atoms with Crippen LogP contribution in [0.3, 0.4) is 0 Å². The molecular weight excluding hydrogens is 346 g/mol. The van der Waals surface area contributed by atoms with Crippen molar-refractivity contribution in [3.63, 3.8) is 0 Å². The summed E-state index contributed by atoms with van der Waals surface area (Å²) in [6.45, 7) is 4.84. The second kappa shape index (κ2) is 8.36. The van der Waals surface area contributed by atoms with Crippen LogP contribution >= 0.6 is 15.9 Å². The molecule has 0 bridgehead atoms. The fourth-order valence-corrected chi connectivity index (χ4v) is 3.24. The summed E-state index contributed by atoms with van der Waals surface area (Å²) in [6.07, 6.45) is 6.87. The van der Waals surface area contributed by atoms with Crippen molar-refractivity contribution in [1.29, 1.82) is 0 Å². The third-order valence-corrected chi connectivity index (χ3v) is 4.45. The monoisotopic (exact) mass is 369 g/mol. The summed E-state index contributed by atoms with van der Waals surface area (Å²) in [5.41, 5.74) is 0.622. The summed E-state index contributed by atoms with van der Waals surface area (Å²) < 4.78 is 2.77. The summed E-state index contributed by atoms with van der Waals surface area (Å²) in [4.78, 5) is 26.3. The Kier molecular flexibility index (Phi) is 6.49. The van der Waals surface area contributed by atoms with E-state index >= 15 is 0 Å². The molecule has 0 saturated carbocycles. The van der Waals surface area contributed by atoms with Gasteiger partial charge in [0.1, 0.15) is 5.69 Å². The molecule has 0 spiro atoms. The predicted molar refractivity (Wildman–Crippen MR) is 89.8 cm³/mol. The van der Waals surface area contributed by atoms with E-state index in [2.05, 4.69) is 21.2 Å². The largest absolute Gasteiger partial charge is 0.350 e. The molecule has 1 aliphatic rings. The van der Waals surface area contributed by atoms with Gasteiger partial charge in [-0.1, -0.05) is 12.8 Å². The van der Waals surface area contributed by atoms with E-state index in [0.29, 0.717) is 18.7 Å². The second-order valence-corrected chi connectivity index (χ2v) is 6.55. The van der Waals surface area contributed by atoms with Gasteiger partial charge >= 0.3 is 0 Å². The van der Waals surface area contributed by atoms with Crippen LogP contribution in [0.2, 0.25) is 0 Å². The molecule has 1 aliphatic heterocycles. The molecule has 2 amide bonds. The molecule has 122 valence electrons. The molecule has 0 aliphatic carbocycles. The van der Waals surface area contributed by atoms with Crippen molar-refractivity contribution in [2.75, 3.05) is 19.6 Å². The fraction of sp³-hybridized carbons (Fsp3) is 0.625. The SMILES string of the molecule is CCn1cc(Br)cc1C(=O)NCCC(=O)N1CCCCCC1. The highest BCUT2D eigenvalue weighted by atomic mass is 79.9. The molecule has 0 atom stereocenters. The lowest BCUT2D eigenvalue weighted by Gasteiger charge is -2.20. The Labute approximate surface area is 140 Å². The number of nitrogens with zero attached hydrogens (tertiary/aromatic N) is 2. The molecule has 1 fully saturated rings. The van der Waals surface area contributed by atoms with Crippen LogP contribution in [0.5, 0.6) is 0 Å². The number of halogens is 1. The van der Waals surface area contributed by atoms with E-state index in [0.717, 1.165) is 36.9 Å². The van der Waals surface area contributed by atoms with Crippen LogP contribution in [-0.4, -0.2) is 40.9 Å². The number of hydrogen-bond acceptors (Lipinski definition) is 2. The zero-order valence-electron chi connectivity index (χ0n) is 13.1. The molecule has 1 saturated heterocycles. The molecule has 22 heavy (non-hydrogen) atoms. The van der Waals surface area contributed by atoms with E-state index in [1.54, 1.807) is 6.07 Å². The van der Waals surface area contributed by atoms with Crippen molar-refractivity contribution in [3.8, 4) is 0 Å². The first-order chi connectivity index (χ1) is 10.6. The summed E-state index contributed by atoms with van der Waals surface area (Å²) >= 11 is 3.38. The average Bonchev–Trinajstić information content (AvgIpc) is 2.72. The van der Waals surface area contributed by atoms with Crippen molar-refractivity contribution in [1.82, 2.24) is 14.8 Å². The highest BCUT2D eigenvalue weighted by Gasteiger charge is 2.16. The number of rotatable bonds is 5. The summed E-state index contributed by atoms with van der Waals surface area (Å²) in [7, 11) is 0. The number of aromatic nitrogens is 1. The first-order valence-electron chi connectivity index (χ1n) is 8.03. The van der Waals surface area contributed by atoms with Crippen molar-refractivity contribution in [3.05, 3.63) is 22.4 Å². The highest BCUT2D eigenvalue weighted by Crippen LogP contribution is 2.15. The first-order valence-corrected chi connectivity index (χ1v) is 8.82. The van der Waals surface area contributed by atoms with Gasteiger partial charge in [-0.15, -0.1) is 0 Å². The summed E-state index contributed by atoms with van der Waals surface area (Å²) in [5.74, 6) is 0.0190. The molecular formula is C16H24BrN3O2. The van der Waals surface area contributed by atoms with Gasteiger partial charge in [-0.2, -0.15) is 0 Å². The van der Waals surface area contributed by atoms with E-state index in [-0.39, 0.29) is 11.8 Å². The van der Waals surface area contributed by atoms with Crippen molar-refractivity contribution >= 4 is 27.7 Å². The normalized spacial score (nSPS) is 15.5. The van der Waals surface area contributed by atoms with Gasteiger partial charge < -0.3 is 14.8 Å². The molecule has 0 radical (unpaired) electrons. The van der Waals surface area contributed by atoms with E-state index in [4.69, 9.17) is 0 Å².